The Kier molecular flexibility index (Phi) is 5.77. The van der Waals surface area contributed by atoms with E-state index in [0.717, 1.165) is 12.8 Å². The van der Waals surface area contributed by atoms with Gasteiger partial charge in [0, 0.05) is 18.4 Å². The van der Waals surface area contributed by atoms with Gasteiger partial charge in [0.25, 0.3) is 0 Å². The van der Waals surface area contributed by atoms with E-state index in [2.05, 4.69) is 16.2 Å². The van der Waals surface area contributed by atoms with E-state index in [1.54, 1.807) is 0 Å². The number of methoxy groups -OCH3 is 1. The standard InChI is InChI=1S/C13H21NO3/c1-3-6-11(14-7-4-5-8-14)9-12(15)10-13(16)17-2/h4-5,7-8,11-12,15H,3,6,9-10H2,1-2H3. The first-order valence-electron chi connectivity index (χ1n) is 6.04. The lowest BCUT2D eigenvalue weighted by molar-refractivity contribution is -0.143. The van der Waals surface area contributed by atoms with Crippen LogP contribution in [0.3, 0.4) is 0 Å². The maximum atomic E-state index is 11.1. The van der Waals surface area contributed by atoms with E-state index < -0.39 is 6.10 Å². The van der Waals surface area contributed by atoms with E-state index in [1.165, 1.54) is 7.11 Å². The number of carbonyl (C=O) groups is 1. The number of hydrogen-bond donors (Lipinski definition) is 1. The topological polar surface area (TPSA) is 51.5 Å². The third-order valence-corrected chi connectivity index (χ3v) is 2.85. The monoisotopic (exact) mass is 239 g/mol. The molecular formula is C13H21NO3. The van der Waals surface area contributed by atoms with Crippen LogP contribution in [-0.4, -0.2) is 28.9 Å². The molecule has 1 aromatic heterocycles. The van der Waals surface area contributed by atoms with Crippen molar-refractivity contribution in [1.29, 1.82) is 0 Å². The van der Waals surface area contributed by atoms with E-state index in [4.69, 9.17) is 0 Å². The second-order valence-corrected chi connectivity index (χ2v) is 4.24. The minimum atomic E-state index is -0.638. The van der Waals surface area contributed by atoms with E-state index in [0.29, 0.717) is 6.42 Å². The Morgan fingerprint density at radius 3 is 2.59 bits per heavy atom. The Morgan fingerprint density at radius 2 is 2.06 bits per heavy atom. The molecule has 0 saturated carbocycles. The highest BCUT2D eigenvalue weighted by Gasteiger charge is 2.17. The molecule has 0 aromatic carbocycles. The third kappa shape index (κ3) is 4.61. The summed E-state index contributed by atoms with van der Waals surface area (Å²) in [7, 11) is 1.34. The first kappa shape index (κ1) is 13.8. The van der Waals surface area contributed by atoms with Gasteiger partial charge in [0.1, 0.15) is 0 Å². The maximum absolute atomic E-state index is 11.1. The van der Waals surface area contributed by atoms with Gasteiger partial charge in [-0.25, -0.2) is 0 Å². The molecule has 0 aliphatic carbocycles. The summed E-state index contributed by atoms with van der Waals surface area (Å²) >= 11 is 0. The average Bonchev–Trinajstić information content (AvgIpc) is 2.81. The SMILES string of the molecule is CCCC(CC(O)CC(=O)OC)n1cccc1. The fraction of sp³-hybridized carbons (Fsp3) is 0.615. The highest BCUT2D eigenvalue weighted by molar-refractivity contribution is 5.69. The van der Waals surface area contributed by atoms with Gasteiger partial charge in [0.2, 0.25) is 0 Å². The zero-order chi connectivity index (χ0) is 12.7. The second-order valence-electron chi connectivity index (χ2n) is 4.24. The van der Waals surface area contributed by atoms with Crippen LogP contribution in [0.25, 0.3) is 0 Å². The second kappa shape index (κ2) is 7.12. The fourth-order valence-electron chi connectivity index (χ4n) is 1.99. The Morgan fingerprint density at radius 1 is 1.41 bits per heavy atom. The summed E-state index contributed by atoms with van der Waals surface area (Å²) in [5, 5.41) is 9.83. The van der Waals surface area contributed by atoms with Crippen molar-refractivity contribution < 1.29 is 14.6 Å². The van der Waals surface area contributed by atoms with Gasteiger partial charge in [-0.2, -0.15) is 0 Å². The van der Waals surface area contributed by atoms with E-state index in [-0.39, 0.29) is 18.4 Å². The van der Waals surface area contributed by atoms with Crippen LogP contribution in [0.1, 0.15) is 38.6 Å². The molecule has 4 nitrogen and oxygen atoms in total. The molecule has 17 heavy (non-hydrogen) atoms. The average molecular weight is 239 g/mol. The summed E-state index contributed by atoms with van der Waals surface area (Å²) in [5.74, 6) is -0.361. The highest BCUT2D eigenvalue weighted by Crippen LogP contribution is 2.21. The molecule has 1 N–H and O–H groups in total. The Balaban J connectivity index is 2.52. The molecule has 0 amide bonds. The lowest BCUT2D eigenvalue weighted by Gasteiger charge is -2.21. The molecule has 0 bridgehead atoms. The van der Waals surface area contributed by atoms with Crippen molar-refractivity contribution in [3.8, 4) is 0 Å². The van der Waals surface area contributed by atoms with E-state index in [9.17, 15) is 9.90 Å². The van der Waals surface area contributed by atoms with Crippen molar-refractivity contribution >= 4 is 5.97 Å². The molecule has 0 aliphatic heterocycles. The number of carbonyl (C=O) groups excluding carboxylic acids is 1. The molecule has 2 unspecified atom stereocenters. The van der Waals surface area contributed by atoms with Gasteiger partial charge in [-0.15, -0.1) is 0 Å². The predicted octanol–water partition coefficient (Wildman–Crippen LogP) is 2.14. The Bertz CT molecular complexity index is 321. The summed E-state index contributed by atoms with van der Waals surface area (Å²) in [6, 6.07) is 4.18. The van der Waals surface area contributed by atoms with Gasteiger partial charge in [0.15, 0.2) is 0 Å². The minimum absolute atomic E-state index is 0.0674. The molecule has 0 radical (unpaired) electrons. The maximum Gasteiger partial charge on any atom is 0.308 e. The van der Waals surface area contributed by atoms with Gasteiger partial charge in [-0.1, -0.05) is 13.3 Å². The molecule has 0 fully saturated rings. The molecule has 2 atom stereocenters. The van der Waals surface area contributed by atoms with Crippen LogP contribution in [0, 0.1) is 0 Å². The molecule has 4 heteroatoms. The van der Waals surface area contributed by atoms with Gasteiger partial charge in [-0.3, -0.25) is 4.79 Å². The van der Waals surface area contributed by atoms with Gasteiger partial charge in [0.05, 0.1) is 19.6 Å². The van der Waals surface area contributed by atoms with Crippen LogP contribution in [0.5, 0.6) is 0 Å². The number of aliphatic hydroxyl groups excluding tert-OH is 1. The highest BCUT2D eigenvalue weighted by atomic mass is 16.5. The molecule has 1 aromatic rings. The van der Waals surface area contributed by atoms with Crippen molar-refractivity contribution in [1.82, 2.24) is 4.57 Å². The number of rotatable bonds is 7. The molecule has 0 spiro atoms. The predicted molar refractivity (Wildman–Crippen MR) is 65.6 cm³/mol. The van der Waals surface area contributed by atoms with Crippen LogP contribution in [0.4, 0.5) is 0 Å². The van der Waals surface area contributed by atoms with Crippen molar-refractivity contribution in [2.24, 2.45) is 0 Å². The van der Waals surface area contributed by atoms with E-state index >= 15 is 0 Å². The van der Waals surface area contributed by atoms with Gasteiger partial charge in [-0.05, 0) is 25.0 Å². The van der Waals surface area contributed by atoms with Crippen LogP contribution >= 0.6 is 0 Å². The first-order valence-corrected chi connectivity index (χ1v) is 6.04. The summed E-state index contributed by atoms with van der Waals surface area (Å²) in [6.45, 7) is 2.11. The quantitative estimate of drug-likeness (QED) is 0.742. The van der Waals surface area contributed by atoms with Crippen molar-refractivity contribution in [2.45, 2.75) is 44.8 Å². The lowest BCUT2D eigenvalue weighted by Crippen LogP contribution is -2.20. The Labute approximate surface area is 102 Å². The number of hydrogen-bond acceptors (Lipinski definition) is 3. The van der Waals surface area contributed by atoms with Crippen LogP contribution in [-0.2, 0) is 9.53 Å². The van der Waals surface area contributed by atoms with Crippen molar-refractivity contribution in [3.05, 3.63) is 24.5 Å². The van der Waals surface area contributed by atoms with E-state index in [1.807, 2.05) is 24.5 Å². The fourth-order valence-corrected chi connectivity index (χ4v) is 1.99. The molecule has 96 valence electrons. The summed E-state index contributed by atoms with van der Waals surface area (Å²) in [5.41, 5.74) is 0. The molecule has 1 rings (SSSR count). The number of esters is 1. The largest absolute Gasteiger partial charge is 0.469 e. The number of aromatic nitrogens is 1. The normalized spacial score (nSPS) is 14.3. The molecular weight excluding hydrogens is 218 g/mol. The number of aliphatic hydroxyl groups is 1. The summed E-state index contributed by atoms with van der Waals surface area (Å²) in [4.78, 5) is 11.1. The van der Waals surface area contributed by atoms with Crippen molar-refractivity contribution in [3.63, 3.8) is 0 Å². The molecule has 0 aliphatic rings. The van der Waals surface area contributed by atoms with Gasteiger partial charge < -0.3 is 14.4 Å². The zero-order valence-electron chi connectivity index (χ0n) is 10.5. The third-order valence-electron chi connectivity index (χ3n) is 2.85. The molecule has 1 heterocycles. The van der Waals surface area contributed by atoms with Crippen LogP contribution < -0.4 is 0 Å². The summed E-state index contributed by atoms with van der Waals surface area (Å²) in [6.07, 6.45) is 6.04. The number of ether oxygens (including phenoxy) is 1. The minimum Gasteiger partial charge on any atom is -0.469 e. The zero-order valence-corrected chi connectivity index (χ0v) is 10.5. The van der Waals surface area contributed by atoms with Crippen LogP contribution in [0.15, 0.2) is 24.5 Å². The smallest absolute Gasteiger partial charge is 0.308 e. The number of nitrogens with zero attached hydrogens (tertiary/aromatic N) is 1. The summed E-state index contributed by atoms with van der Waals surface area (Å²) < 4.78 is 6.63. The van der Waals surface area contributed by atoms with Crippen molar-refractivity contribution in [2.75, 3.05) is 7.11 Å². The first-order chi connectivity index (χ1) is 8.17. The Hall–Kier alpha value is -1.29. The van der Waals surface area contributed by atoms with Gasteiger partial charge >= 0.3 is 5.97 Å². The molecule has 0 saturated heterocycles. The lowest BCUT2D eigenvalue weighted by atomic mass is 10.0. The van der Waals surface area contributed by atoms with Crippen LogP contribution in [0.2, 0.25) is 0 Å².